The van der Waals surface area contributed by atoms with Crippen LogP contribution in [0.25, 0.3) is 55.2 Å². The molecular weight excluding hydrogens is 784 g/mol. The quantitative estimate of drug-likeness (QED) is 0.134. The summed E-state index contributed by atoms with van der Waals surface area (Å²) in [7, 11) is 0. The van der Waals surface area contributed by atoms with Gasteiger partial charge in [-0.1, -0.05) is 74.5 Å². The average Bonchev–Trinajstić information content (AvgIpc) is 3.97. The second kappa shape index (κ2) is 18.5. The number of aryl methyl sites for hydroxylation is 5. The molecule has 0 saturated carbocycles. The molecule has 62 heavy (non-hydrogen) atoms. The first-order valence-electron chi connectivity index (χ1n) is 19.9. The SMILES string of the molecule is CCc1cc2cccc(C)c2c(=O)n1-c1cccc(F)c1.CCc1cc2cccc(C)c2c(=O)n1-c1ccccc1C.Nc1ncnc2nc[nH]c12.Nc1ncnc2nc[nH]c12. The molecule has 0 aliphatic heterocycles. The molecule has 0 unspecified atom stereocenters. The van der Waals surface area contributed by atoms with Gasteiger partial charge in [0, 0.05) is 11.4 Å². The van der Waals surface area contributed by atoms with Gasteiger partial charge in [0.05, 0.1) is 34.8 Å². The van der Waals surface area contributed by atoms with E-state index in [0.717, 1.165) is 56.3 Å². The molecule has 0 amide bonds. The molecule has 0 aliphatic carbocycles. The van der Waals surface area contributed by atoms with E-state index in [-0.39, 0.29) is 16.9 Å². The third-order valence-electron chi connectivity index (χ3n) is 10.3. The zero-order valence-electron chi connectivity index (χ0n) is 34.9. The van der Waals surface area contributed by atoms with Crippen molar-refractivity contribution in [1.29, 1.82) is 0 Å². The Morgan fingerprint density at radius 2 is 1.05 bits per heavy atom. The minimum absolute atomic E-state index is 0.0803. The number of hydrogen-bond donors (Lipinski definition) is 4. The summed E-state index contributed by atoms with van der Waals surface area (Å²) in [5.41, 5.74) is 20.1. The van der Waals surface area contributed by atoms with Gasteiger partial charge < -0.3 is 21.4 Å². The predicted molar refractivity (Wildman–Crippen MR) is 244 cm³/mol. The van der Waals surface area contributed by atoms with Crippen molar-refractivity contribution in [3.8, 4) is 11.4 Å². The third kappa shape index (κ3) is 8.63. The Bertz CT molecular complexity index is 3240. The summed E-state index contributed by atoms with van der Waals surface area (Å²) in [5, 5.41) is 3.48. The van der Waals surface area contributed by atoms with Crippen LogP contribution in [0.1, 0.15) is 41.9 Å². The first kappa shape index (κ1) is 42.1. The summed E-state index contributed by atoms with van der Waals surface area (Å²) in [4.78, 5) is 54.7. The fourth-order valence-corrected chi connectivity index (χ4v) is 7.24. The molecule has 15 heteroatoms. The molecule has 6 N–H and O–H groups in total. The lowest BCUT2D eigenvalue weighted by molar-refractivity contribution is 0.626. The number of nitrogens with two attached hydrogens (primary N) is 2. The fraction of sp³-hybridized carbons (Fsp3) is 0.149. The van der Waals surface area contributed by atoms with Gasteiger partial charge in [-0.2, -0.15) is 0 Å². The summed E-state index contributed by atoms with van der Waals surface area (Å²) in [6, 6.07) is 30.2. The van der Waals surface area contributed by atoms with Crippen molar-refractivity contribution in [2.75, 3.05) is 11.5 Å². The van der Waals surface area contributed by atoms with Gasteiger partial charge in [-0.25, -0.2) is 34.3 Å². The number of nitrogens with zero attached hydrogens (tertiary/aromatic N) is 8. The number of benzene rings is 4. The highest BCUT2D eigenvalue weighted by Gasteiger charge is 2.14. The van der Waals surface area contributed by atoms with Crippen LogP contribution >= 0.6 is 0 Å². The summed E-state index contributed by atoms with van der Waals surface area (Å²) in [6.07, 6.45) is 7.38. The standard InChI is InChI=1S/C19H19NO.C18H16FNO.2C5H5N5/c1-4-16-12-15-10-7-9-14(3)18(15)19(21)20(16)17-11-6-5-8-13(17)2;1-3-15-10-13-7-4-6-12(2)17(13)18(21)20(15)16-9-5-8-14(19)11-16;2*6-4-3-5(9-1-7-3)10-2-8-4/h5-12H,4H2,1-3H3;4-11H,3H2,1-2H3;2*1-2H,(H3,6,7,8,9,10). The molecule has 0 radical (unpaired) electrons. The Balaban J connectivity index is 0.000000131. The number of nitrogens with one attached hydrogen (secondary N) is 2. The van der Waals surface area contributed by atoms with E-state index in [9.17, 15) is 14.0 Å². The number of para-hydroxylation sites is 1. The fourth-order valence-electron chi connectivity index (χ4n) is 7.24. The Hall–Kier alpha value is -8.07. The van der Waals surface area contributed by atoms with E-state index in [0.29, 0.717) is 51.5 Å². The smallest absolute Gasteiger partial charge is 0.263 e. The summed E-state index contributed by atoms with van der Waals surface area (Å²) in [5.74, 6) is 0.524. The number of H-pyrrole nitrogens is 2. The molecule has 6 aromatic heterocycles. The molecule has 0 fully saturated rings. The van der Waals surface area contributed by atoms with Gasteiger partial charge >= 0.3 is 0 Å². The number of pyridine rings is 2. The molecule has 4 aromatic carbocycles. The zero-order valence-corrected chi connectivity index (χ0v) is 34.9. The average molecular weight is 829 g/mol. The van der Waals surface area contributed by atoms with Crippen LogP contribution in [0, 0.1) is 26.6 Å². The van der Waals surface area contributed by atoms with Gasteiger partial charge in [-0.05, 0) is 97.5 Å². The van der Waals surface area contributed by atoms with Crippen molar-refractivity contribution < 1.29 is 4.39 Å². The van der Waals surface area contributed by atoms with Crippen molar-refractivity contribution in [3.05, 3.63) is 177 Å². The number of aromatic nitrogens is 10. The van der Waals surface area contributed by atoms with E-state index >= 15 is 0 Å². The van der Waals surface area contributed by atoms with E-state index in [1.165, 1.54) is 37.4 Å². The maximum Gasteiger partial charge on any atom is 0.263 e. The van der Waals surface area contributed by atoms with Crippen molar-refractivity contribution in [2.24, 2.45) is 0 Å². The van der Waals surface area contributed by atoms with Crippen molar-refractivity contribution >= 4 is 55.5 Å². The Labute approximate surface area is 355 Å². The lowest BCUT2D eigenvalue weighted by Crippen LogP contribution is -2.23. The molecule has 0 saturated heterocycles. The Morgan fingerprint density at radius 3 is 1.55 bits per heavy atom. The lowest BCUT2D eigenvalue weighted by Gasteiger charge is -2.16. The monoisotopic (exact) mass is 828 g/mol. The van der Waals surface area contributed by atoms with Gasteiger partial charge in [0.1, 0.15) is 29.5 Å². The maximum atomic E-state index is 13.5. The maximum absolute atomic E-state index is 13.5. The number of fused-ring (bicyclic) bond motifs is 4. The molecule has 14 nitrogen and oxygen atoms in total. The highest BCUT2D eigenvalue weighted by atomic mass is 19.1. The molecule has 0 spiro atoms. The Morgan fingerprint density at radius 1 is 0.565 bits per heavy atom. The Kier molecular flexibility index (Phi) is 12.5. The molecule has 0 bridgehead atoms. The minimum atomic E-state index is -0.341. The van der Waals surface area contributed by atoms with Gasteiger partial charge in [0.2, 0.25) is 0 Å². The number of halogens is 1. The van der Waals surface area contributed by atoms with Gasteiger partial charge in [0.15, 0.2) is 22.9 Å². The second-order valence-corrected chi connectivity index (χ2v) is 14.3. The van der Waals surface area contributed by atoms with Gasteiger partial charge in [0.25, 0.3) is 11.1 Å². The number of imidazole rings is 2. The van der Waals surface area contributed by atoms with Crippen LogP contribution in [0.4, 0.5) is 16.0 Å². The molecular formula is C47H45FN12O2. The number of rotatable bonds is 4. The van der Waals surface area contributed by atoms with Crippen LogP contribution in [0.5, 0.6) is 0 Å². The molecule has 10 aromatic rings. The lowest BCUT2D eigenvalue weighted by atomic mass is 10.0. The zero-order chi connectivity index (χ0) is 43.9. The highest BCUT2D eigenvalue weighted by molar-refractivity contribution is 5.86. The van der Waals surface area contributed by atoms with Crippen LogP contribution in [0.15, 0.2) is 132 Å². The van der Waals surface area contributed by atoms with E-state index < -0.39 is 0 Å². The van der Waals surface area contributed by atoms with Crippen molar-refractivity contribution in [1.82, 2.24) is 49.0 Å². The second-order valence-electron chi connectivity index (χ2n) is 14.3. The number of aromatic amines is 2. The van der Waals surface area contributed by atoms with E-state index in [2.05, 4.69) is 52.9 Å². The first-order valence-corrected chi connectivity index (χ1v) is 19.9. The van der Waals surface area contributed by atoms with Crippen LogP contribution < -0.4 is 22.6 Å². The predicted octanol–water partition coefficient (Wildman–Crippen LogP) is 8.04. The van der Waals surface area contributed by atoms with E-state index in [1.807, 2.05) is 99.0 Å². The van der Waals surface area contributed by atoms with Crippen LogP contribution in [-0.2, 0) is 12.8 Å². The third-order valence-corrected chi connectivity index (χ3v) is 10.3. The van der Waals surface area contributed by atoms with Gasteiger partial charge in [-0.15, -0.1) is 0 Å². The van der Waals surface area contributed by atoms with E-state index in [1.54, 1.807) is 16.7 Å². The largest absolute Gasteiger partial charge is 0.382 e. The molecule has 10 rings (SSSR count). The molecule has 312 valence electrons. The number of anilines is 2. The minimum Gasteiger partial charge on any atom is -0.382 e. The first-order chi connectivity index (χ1) is 30.0. The summed E-state index contributed by atoms with van der Waals surface area (Å²) < 4.78 is 17.0. The number of hydrogen-bond acceptors (Lipinski definition) is 10. The van der Waals surface area contributed by atoms with Crippen LogP contribution in [0.2, 0.25) is 0 Å². The molecule has 0 aliphatic rings. The topological polar surface area (TPSA) is 205 Å². The van der Waals surface area contributed by atoms with Crippen molar-refractivity contribution in [3.63, 3.8) is 0 Å². The number of nitrogen functional groups attached to an aromatic ring is 2. The van der Waals surface area contributed by atoms with E-state index in [4.69, 9.17) is 11.5 Å². The van der Waals surface area contributed by atoms with Crippen LogP contribution in [-0.4, -0.2) is 49.0 Å². The summed E-state index contributed by atoms with van der Waals surface area (Å²) >= 11 is 0. The molecule has 6 heterocycles. The highest BCUT2D eigenvalue weighted by Crippen LogP contribution is 2.22. The van der Waals surface area contributed by atoms with Crippen LogP contribution in [0.3, 0.4) is 0 Å². The van der Waals surface area contributed by atoms with Gasteiger partial charge in [-0.3, -0.25) is 18.7 Å². The van der Waals surface area contributed by atoms with Crippen molar-refractivity contribution in [2.45, 2.75) is 47.5 Å². The normalized spacial score (nSPS) is 10.8. The molecule has 0 atom stereocenters. The summed E-state index contributed by atoms with van der Waals surface area (Å²) in [6.45, 7) is 10.0.